The maximum atomic E-state index is 12.5. The molecule has 0 atom stereocenters. The van der Waals surface area contributed by atoms with Crippen LogP contribution in [0.2, 0.25) is 5.02 Å². The van der Waals surface area contributed by atoms with Gasteiger partial charge in [-0.15, -0.1) is 0 Å². The molecule has 1 amide bonds. The predicted octanol–water partition coefficient (Wildman–Crippen LogP) is 4.13. The van der Waals surface area contributed by atoms with Crippen molar-refractivity contribution in [3.63, 3.8) is 0 Å². The number of nitrogens with zero attached hydrogens (tertiary/aromatic N) is 4. The maximum Gasteiger partial charge on any atom is 0.251 e. The quantitative estimate of drug-likeness (QED) is 0.522. The summed E-state index contributed by atoms with van der Waals surface area (Å²) < 4.78 is 3.88. The van der Waals surface area contributed by atoms with E-state index in [1.165, 1.54) is 0 Å². The van der Waals surface area contributed by atoms with Gasteiger partial charge in [0.1, 0.15) is 0 Å². The number of amides is 1. The molecule has 148 valence electrons. The maximum absolute atomic E-state index is 12.5. The van der Waals surface area contributed by atoms with E-state index in [-0.39, 0.29) is 5.91 Å². The Morgan fingerprint density at radius 2 is 1.93 bits per heavy atom. The third-order valence-electron chi connectivity index (χ3n) is 4.80. The van der Waals surface area contributed by atoms with Gasteiger partial charge in [0.05, 0.1) is 24.3 Å². The number of rotatable bonds is 6. The Balaban J connectivity index is 1.43. The molecule has 7 heteroatoms. The van der Waals surface area contributed by atoms with Crippen LogP contribution in [0.3, 0.4) is 0 Å². The Kier molecular flexibility index (Phi) is 5.36. The first-order valence-electron chi connectivity index (χ1n) is 9.49. The van der Waals surface area contributed by atoms with Crippen molar-refractivity contribution < 1.29 is 4.79 Å². The first-order chi connectivity index (χ1) is 14.0. The molecule has 0 fully saturated rings. The van der Waals surface area contributed by atoms with Crippen LogP contribution in [0.5, 0.6) is 0 Å². The van der Waals surface area contributed by atoms with Gasteiger partial charge in [-0.3, -0.25) is 14.2 Å². The summed E-state index contributed by atoms with van der Waals surface area (Å²) in [6.07, 6.45) is 1.99. The summed E-state index contributed by atoms with van der Waals surface area (Å²) in [6, 6.07) is 15.1. The molecule has 6 nitrogen and oxygen atoms in total. The molecule has 0 saturated heterocycles. The standard InChI is InChI=1S/C22H22ClN5O/c1-15-10-16(2)28(25-15)9-8-27-14-19-7-6-18(12-21(19)26-27)22(29)24-13-17-4-3-5-20(23)11-17/h3-7,10-12,14H,8-9,13H2,1-2H3,(H,24,29). The highest BCUT2D eigenvalue weighted by Gasteiger charge is 2.09. The number of hydrogen-bond donors (Lipinski definition) is 1. The van der Waals surface area contributed by atoms with E-state index < -0.39 is 0 Å². The fourth-order valence-corrected chi connectivity index (χ4v) is 3.57. The van der Waals surface area contributed by atoms with Gasteiger partial charge in [-0.25, -0.2) is 0 Å². The van der Waals surface area contributed by atoms with Crippen molar-refractivity contribution >= 4 is 28.4 Å². The summed E-state index contributed by atoms with van der Waals surface area (Å²) >= 11 is 5.99. The van der Waals surface area contributed by atoms with E-state index in [0.29, 0.717) is 23.7 Å². The van der Waals surface area contributed by atoms with Crippen LogP contribution in [0.15, 0.2) is 54.7 Å². The molecule has 0 spiro atoms. The number of fused-ring (bicyclic) bond motifs is 1. The van der Waals surface area contributed by atoms with Crippen LogP contribution >= 0.6 is 11.6 Å². The number of carbonyl (C=O) groups excluding carboxylic acids is 1. The van der Waals surface area contributed by atoms with Gasteiger partial charge in [-0.2, -0.15) is 10.2 Å². The van der Waals surface area contributed by atoms with Crippen molar-refractivity contribution in [3.05, 3.63) is 82.3 Å². The topological polar surface area (TPSA) is 64.7 Å². The number of nitrogens with one attached hydrogen (secondary N) is 1. The molecule has 0 saturated carbocycles. The average molecular weight is 408 g/mol. The molecule has 2 aromatic carbocycles. The van der Waals surface area contributed by atoms with Crippen LogP contribution in [0.1, 0.15) is 27.3 Å². The van der Waals surface area contributed by atoms with Gasteiger partial charge in [0.15, 0.2) is 0 Å². The lowest BCUT2D eigenvalue weighted by Crippen LogP contribution is -2.22. The summed E-state index contributed by atoms with van der Waals surface area (Å²) in [7, 11) is 0. The van der Waals surface area contributed by atoms with Gasteiger partial charge in [0.25, 0.3) is 5.91 Å². The average Bonchev–Trinajstić information content (AvgIpc) is 3.25. The highest BCUT2D eigenvalue weighted by atomic mass is 35.5. The number of aromatic nitrogens is 4. The molecule has 0 radical (unpaired) electrons. The second kappa shape index (κ2) is 8.09. The van der Waals surface area contributed by atoms with Gasteiger partial charge in [0, 0.05) is 34.4 Å². The van der Waals surface area contributed by atoms with Crippen molar-refractivity contribution in [1.29, 1.82) is 0 Å². The molecule has 0 aliphatic rings. The Bertz CT molecular complexity index is 1180. The van der Waals surface area contributed by atoms with E-state index in [9.17, 15) is 4.79 Å². The second-order valence-electron chi connectivity index (χ2n) is 7.13. The van der Waals surface area contributed by atoms with Crippen LogP contribution in [0, 0.1) is 13.8 Å². The molecular weight excluding hydrogens is 386 g/mol. The molecule has 4 aromatic rings. The Morgan fingerprint density at radius 1 is 1.07 bits per heavy atom. The number of carbonyl (C=O) groups is 1. The number of aryl methyl sites for hydroxylation is 4. The fraction of sp³-hybridized carbons (Fsp3) is 0.227. The largest absolute Gasteiger partial charge is 0.348 e. The first kappa shape index (κ1) is 19.2. The van der Waals surface area contributed by atoms with Crippen molar-refractivity contribution in [1.82, 2.24) is 24.9 Å². The summed E-state index contributed by atoms with van der Waals surface area (Å²) in [5.41, 5.74) is 4.50. The lowest BCUT2D eigenvalue weighted by Gasteiger charge is -2.06. The van der Waals surface area contributed by atoms with E-state index in [1.54, 1.807) is 0 Å². The highest BCUT2D eigenvalue weighted by Crippen LogP contribution is 2.16. The van der Waals surface area contributed by atoms with Crippen molar-refractivity contribution in [3.8, 4) is 0 Å². The van der Waals surface area contributed by atoms with Crippen LogP contribution < -0.4 is 5.32 Å². The summed E-state index contributed by atoms with van der Waals surface area (Å²) in [4.78, 5) is 12.5. The normalized spacial score (nSPS) is 11.1. The minimum Gasteiger partial charge on any atom is -0.348 e. The van der Waals surface area contributed by atoms with Crippen LogP contribution in [-0.4, -0.2) is 25.5 Å². The summed E-state index contributed by atoms with van der Waals surface area (Å²) in [5, 5.41) is 13.7. The van der Waals surface area contributed by atoms with Crippen LogP contribution in [0.25, 0.3) is 10.9 Å². The third kappa shape index (κ3) is 4.49. The van der Waals surface area contributed by atoms with Crippen molar-refractivity contribution in [2.45, 2.75) is 33.5 Å². The number of benzene rings is 2. The van der Waals surface area contributed by atoms with Crippen molar-refractivity contribution in [2.24, 2.45) is 0 Å². The third-order valence-corrected chi connectivity index (χ3v) is 5.04. The molecule has 2 aromatic heterocycles. The molecule has 2 heterocycles. The van der Waals surface area contributed by atoms with Crippen molar-refractivity contribution in [2.75, 3.05) is 0 Å². The van der Waals surface area contributed by atoms with E-state index in [1.807, 2.05) is 71.9 Å². The highest BCUT2D eigenvalue weighted by molar-refractivity contribution is 6.30. The second-order valence-corrected chi connectivity index (χ2v) is 7.57. The van der Waals surface area contributed by atoms with E-state index in [0.717, 1.165) is 34.4 Å². The lowest BCUT2D eigenvalue weighted by molar-refractivity contribution is 0.0951. The zero-order chi connectivity index (χ0) is 20.4. The SMILES string of the molecule is Cc1cc(C)n(CCn2cc3ccc(C(=O)NCc4cccc(Cl)c4)cc3n2)n1. The van der Waals surface area contributed by atoms with Gasteiger partial charge in [-0.05, 0) is 49.7 Å². The number of hydrogen-bond acceptors (Lipinski definition) is 3. The van der Waals surface area contributed by atoms with E-state index in [2.05, 4.69) is 21.6 Å². The molecule has 0 bridgehead atoms. The van der Waals surface area contributed by atoms with Crippen LogP contribution in [0.4, 0.5) is 0 Å². The fourth-order valence-electron chi connectivity index (χ4n) is 3.35. The predicted molar refractivity (Wildman–Crippen MR) is 114 cm³/mol. The molecule has 0 unspecified atom stereocenters. The van der Waals surface area contributed by atoms with E-state index >= 15 is 0 Å². The zero-order valence-electron chi connectivity index (χ0n) is 16.4. The minimum atomic E-state index is -0.135. The molecule has 29 heavy (non-hydrogen) atoms. The van der Waals surface area contributed by atoms with Gasteiger partial charge in [0.2, 0.25) is 0 Å². The zero-order valence-corrected chi connectivity index (χ0v) is 17.1. The Morgan fingerprint density at radius 3 is 2.69 bits per heavy atom. The smallest absolute Gasteiger partial charge is 0.251 e. The summed E-state index contributed by atoms with van der Waals surface area (Å²) in [6.45, 7) is 5.93. The number of halogens is 1. The van der Waals surface area contributed by atoms with Gasteiger partial charge in [-0.1, -0.05) is 29.8 Å². The monoisotopic (exact) mass is 407 g/mol. The Labute approximate surface area is 174 Å². The Hall–Kier alpha value is -3.12. The molecule has 0 aliphatic heterocycles. The summed E-state index contributed by atoms with van der Waals surface area (Å²) in [5.74, 6) is -0.135. The molecular formula is C22H22ClN5O. The molecule has 4 rings (SSSR count). The lowest BCUT2D eigenvalue weighted by atomic mass is 10.1. The molecule has 0 aliphatic carbocycles. The van der Waals surface area contributed by atoms with Crippen LogP contribution in [-0.2, 0) is 19.6 Å². The van der Waals surface area contributed by atoms with Gasteiger partial charge < -0.3 is 5.32 Å². The minimum absolute atomic E-state index is 0.135. The first-order valence-corrected chi connectivity index (χ1v) is 9.87. The van der Waals surface area contributed by atoms with E-state index in [4.69, 9.17) is 11.6 Å². The van der Waals surface area contributed by atoms with Gasteiger partial charge >= 0.3 is 0 Å². The molecule has 1 N–H and O–H groups in total.